The Balaban J connectivity index is 1.87. The van der Waals surface area contributed by atoms with Crippen LogP contribution in [0.15, 0.2) is 65.5 Å². The molecule has 0 fully saturated rings. The van der Waals surface area contributed by atoms with E-state index in [-0.39, 0.29) is 5.43 Å². The van der Waals surface area contributed by atoms with E-state index in [0.29, 0.717) is 11.5 Å². The lowest BCUT2D eigenvalue weighted by atomic mass is 10.1. The quantitative estimate of drug-likeness (QED) is 0.775. The Bertz CT molecular complexity index is 829. The van der Waals surface area contributed by atoms with Crippen LogP contribution in [0, 0.1) is 0 Å². The van der Waals surface area contributed by atoms with Gasteiger partial charge in [0.15, 0.2) is 0 Å². The third-order valence-corrected chi connectivity index (χ3v) is 3.19. The zero-order valence-electron chi connectivity index (χ0n) is 12.0. The molecule has 3 aromatic rings. The van der Waals surface area contributed by atoms with Gasteiger partial charge >= 0.3 is 0 Å². The van der Waals surface area contributed by atoms with Crippen molar-refractivity contribution in [2.45, 2.75) is 0 Å². The minimum Gasteiger partial charge on any atom is -0.497 e. The standard InChI is InChI=1S/C17H15N3O2/c1-22-14-9-5-8-13(10-14)18-16-11-15(21)17(20-19-16)12-6-3-2-4-7-12/h2-11H,1H3,(H2,18,19,21). The lowest BCUT2D eigenvalue weighted by Gasteiger charge is -2.08. The van der Waals surface area contributed by atoms with Gasteiger partial charge in [0.2, 0.25) is 5.43 Å². The van der Waals surface area contributed by atoms with E-state index in [1.165, 1.54) is 6.07 Å². The Morgan fingerprint density at radius 1 is 1.05 bits per heavy atom. The zero-order valence-corrected chi connectivity index (χ0v) is 12.0. The molecular formula is C17H15N3O2. The highest BCUT2D eigenvalue weighted by molar-refractivity contribution is 5.62. The number of nitrogens with zero attached hydrogens (tertiary/aromatic N) is 1. The van der Waals surface area contributed by atoms with Crippen LogP contribution in [0.2, 0.25) is 0 Å². The van der Waals surface area contributed by atoms with E-state index in [9.17, 15) is 4.79 Å². The molecule has 110 valence electrons. The number of hydrogen-bond acceptors (Lipinski definition) is 4. The predicted molar refractivity (Wildman–Crippen MR) is 86.6 cm³/mol. The molecule has 0 aliphatic heterocycles. The Kier molecular flexibility index (Phi) is 3.87. The van der Waals surface area contributed by atoms with Crippen molar-refractivity contribution in [2.75, 3.05) is 12.4 Å². The monoisotopic (exact) mass is 293 g/mol. The fourth-order valence-electron chi connectivity index (χ4n) is 2.13. The third-order valence-electron chi connectivity index (χ3n) is 3.19. The van der Waals surface area contributed by atoms with Crippen molar-refractivity contribution < 1.29 is 4.74 Å². The molecule has 0 amide bonds. The summed E-state index contributed by atoms with van der Waals surface area (Å²) in [6.45, 7) is 0. The summed E-state index contributed by atoms with van der Waals surface area (Å²) in [5, 5.41) is 10.1. The molecule has 0 radical (unpaired) electrons. The molecule has 0 aliphatic rings. The minimum absolute atomic E-state index is 0.143. The molecule has 2 aromatic carbocycles. The van der Waals surface area contributed by atoms with Crippen LogP contribution in [0.4, 0.5) is 11.5 Å². The first-order valence-corrected chi connectivity index (χ1v) is 6.82. The lowest BCUT2D eigenvalue weighted by Crippen LogP contribution is -2.10. The van der Waals surface area contributed by atoms with Crippen LogP contribution in [0.5, 0.6) is 5.75 Å². The van der Waals surface area contributed by atoms with Gasteiger partial charge < -0.3 is 10.1 Å². The maximum atomic E-state index is 12.2. The summed E-state index contributed by atoms with van der Waals surface area (Å²) >= 11 is 0. The lowest BCUT2D eigenvalue weighted by molar-refractivity contribution is 0.415. The molecule has 0 saturated heterocycles. The molecule has 0 spiro atoms. The van der Waals surface area contributed by atoms with Gasteiger partial charge in [0, 0.05) is 23.4 Å². The molecule has 0 aliphatic carbocycles. The number of nitrogens with one attached hydrogen (secondary N) is 2. The number of anilines is 2. The van der Waals surface area contributed by atoms with Gasteiger partial charge in [-0.15, -0.1) is 0 Å². The molecule has 3 rings (SSSR count). The topological polar surface area (TPSA) is 67.0 Å². The fourth-order valence-corrected chi connectivity index (χ4v) is 2.13. The van der Waals surface area contributed by atoms with Crippen LogP contribution < -0.4 is 15.5 Å². The number of H-pyrrole nitrogens is 1. The van der Waals surface area contributed by atoms with Gasteiger partial charge in [-0.05, 0) is 12.1 Å². The van der Waals surface area contributed by atoms with Crippen molar-refractivity contribution in [2.24, 2.45) is 0 Å². The van der Waals surface area contributed by atoms with Crippen LogP contribution in [0.1, 0.15) is 0 Å². The summed E-state index contributed by atoms with van der Waals surface area (Å²) in [4.78, 5) is 12.2. The summed E-state index contributed by atoms with van der Waals surface area (Å²) in [6, 6.07) is 18.3. The molecule has 0 atom stereocenters. The SMILES string of the molecule is COc1cccc(Nc2cc(=O)c(-c3ccccc3)n[nH]2)c1. The number of aromatic amines is 1. The summed E-state index contributed by atoms with van der Waals surface area (Å²) in [5.41, 5.74) is 1.85. The molecule has 5 heteroatoms. The maximum absolute atomic E-state index is 12.2. The van der Waals surface area contributed by atoms with Crippen LogP contribution in [-0.2, 0) is 0 Å². The normalized spacial score (nSPS) is 10.2. The number of benzene rings is 2. The maximum Gasteiger partial charge on any atom is 0.210 e. The van der Waals surface area contributed by atoms with Gasteiger partial charge in [-0.2, -0.15) is 5.10 Å². The Morgan fingerprint density at radius 2 is 1.86 bits per heavy atom. The van der Waals surface area contributed by atoms with Gasteiger partial charge in [0.25, 0.3) is 0 Å². The average molecular weight is 293 g/mol. The molecule has 1 aromatic heterocycles. The molecule has 2 N–H and O–H groups in total. The first-order valence-electron chi connectivity index (χ1n) is 6.82. The van der Waals surface area contributed by atoms with E-state index < -0.39 is 0 Å². The van der Waals surface area contributed by atoms with Gasteiger partial charge in [-0.1, -0.05) is 36.4 Å². The van der Waals surface area contributed by atoms with Crippen molar-refractivity contribution >= 4 is 11.5 Å². The smallest absolute Gasteiger partial charge is 0.210 e. The highest BCUT2D eigenvalue weighted by Gasteiger charge is 2.06. The van der Waals surface area contributed by atoms with Gasteiger partial charge in [-0.3, -0.25) is 9.89 Å². The second-order valence-electron chi connectivity index (χ2n) is 4.72. The zero-order chi connectivity index (χ0) is 15.4. The van der Waals surface area contributed by atoms with Crippen molar-refractivity contribution in [1.82, 2.24) is 10.2 Å². The highest BCUT2D eigenvalue weighted by atomic mass is 16.5. The van der Waals surface area contributed by atoms with Crippen molar-refractivity contribution in [1.29, 1.82) is 0 Å². The van der Waals surface area contributed by atoms with Crippen LogP contribution in [0.3, 0.4) is 0 Å². The predicted octanol–water partition coefficient (Wildman–Crippen LogP) is 3.19. The number of aromatic nitrogens is 2. The first kappa shape index (κ1) is 13.9. The van der Waals surface area contributed by atoms with Crippen LogP contribution in [-0.4, -0.2) is 17.3 Å². The summed E-state index contributed by atoms with van der Waals surface area (Å²) in [5.74, 6) is 1.26. The largest absolute Gasteiger partial charge is 0.497 e. The van der Waals surface area contributed by atoms with E-state index in [2.05, 4.69) is 15.5 Å². The first-order chi connectivity index (χ1) is 10.8. The highest BCUT2D eigenvalue weighted by Crippen LogP contribution is 2.20. The van der Waals surface area contributed by atoms with Crippen molar-refractivity contribution in [3.05, 3.63) is 70.9 Å². The Morgan fingerprint density at radius 3 is 2.59 bits per heavy atom. The Labute approximate surface area is 127 Å². The van der Waals surface area contributed by atoms with Crippen molar-refractivity contribution in [3.8, 4) is 17.0 Å². The number of methoxy groups -OCH3 is 1. The average Bonchev–Trinajstić information content (AvgIpc) is 2.56. The molecule has 22 heavy (non-hydrogen) atoms. The summed E-state index contributed by atoms with van der Waals surface area (Å²) in [6.07, 6.45) is 0. The number of ether oxygens (including phenoxy) is 1. The number of rotatable bonds is 4. The van der Waals surface area contributed by atoms with Crippen LogP contribution in [0.25, 0.3) is 11.3 Å². The second-order valence-corrected chi connectivity index (χ2v) is 4.72. The molecule has 5 nitrogen and oxygen atoms in total. The van der Waals surface area contributed by atoms with Gasteiger partial charge in [0.1, 0.15) is 17.3 Å². The summed E-state index contributed by atoms with van der Waals surface area (Å²) in [7, 11) is 1.61. The van der Waals surface area contributed by atoms with E-state index in [4.69, 9.17) is 4.74 Å². The number of hydrogen-bond donors (Lipinski definition) is 2. The summed E-state index contributed by atoms with van der Waals surface area (Å²) < 4.78 is 5.17. The van der Waals surface area contributed by atoms with E-state index in [1.807, 2.05) is 54.6 Å². The van der Waals surface area contributed by atoms with E-state index in [0.717, 1.165) is 17.0 Å². The molecular weight excluding hydrogens is 278 g/mol. The van der Waals surface area contributed by atoms with Gasteiger partial charge in [-0.25, -0.2) is 0 Å². The molecule has 0 bridgehead atoms. The molecule has 1 heterocycles. The fraction of sp³-hybridized carbons (Fsp3) is 0.0588. The van der Waals surface area contributed by atoms with E-state index in [1.54, 1.807) is 7.11 Å². The minimum atomic E-state index is -0.143. The Hall–Kier alpha value is -3.08. The van der Waals surface area contributed by atoms with Crippen LogP contribution >= 0.6 is 0 Å². The molecule has 0 unspecified atom stereocenters. The van der Waals surface area contributed by atoms with Crippen molar-refractivity contribution in [3.63, 3.8) is 0 Å². The molecule has 0 saturated carbocycles. The van der Waals surface area contributed by atoms with Gasteiger partial charge in [0.05, 0.1) is 7.11 Å². The third kappa shape index (κ3) is 2.98. The van der Waals surface area contributed by atoms with E-state index >= 15 is 0 Å². The second kappa shape index (κ2) is 6.13.